The summed E-state index contributed by atoms with van der Waals surface area (Å²) >= 11 is 0. The summed E-state index contributed by atoms with van der Waals surface area (Å²) in [4.78, 5) is 42.1. The molecule has 1 saturated heterocycles. The van der Waals surface area contributed by atoms with E-state index < -0.39 is 23.7 Å². The van der Waals surface area contributed by atoms with Crippen LogP contribution in [0.2, 0.25) is 0 Å². The number of piperazine rings is 1. The van der Waals surface area contributed by atoms with Gasteiger partial charge in [0.1, 0.15) is 18.0 Å². The fraction of sp³-hybridized carbons (Fsp3) is 0.306. The zero-order valence-electron chi connectivity index (χ0n) is 26.1. The molecule has 3 aromatic carbocycles. The second-order valence-electron chi connectivity index (χ2n) is 12.2. The molecule has 9 nitrogen and oxygen atoms in total. The topological polar surface area (TPSA) is 101 Å². The lowest BCUT2D eigenvalue weighted by Gasteiger charge is -2.41. The monoisotopic (exact) mass is 609 g/mol. The summed E-state index contributed by atoms with van der Waals surface area (Å²) in [7, 11) is 0. The van der Waals surface area contributed by atoms with E-state index in [1.54, 1.807) is 34.1 Å². The van der Waals surface area contributed by atoms with E-state index in [1.807, 2.05) is 94.4 Å². The average Bonchev–Trinajstić information content (AvgIpc) is 3.37. The van der Waals surface area contributed by atoms with Gasteiger partial charge >= 0.3 is 12.1 Å². The molecule has 1 N–H and O–H groups in total. The molecule has 1 aliphatic heterocycles. The molecule has 1 aromatic heterocycles. The summed E-state index contributed by atoms with van der Waals surface area (Å²) in [5.41, 5.74) is 4.16. The number of hydrogen-bond acceptors (Lipinski definition) is 5. The van der Waals surface area contributed by atoms with Gasteiger partial charge in [0.2, 0.25) is 0 Å². The van der Waals surface area contributed by atoms with Crippen molar-refractivity contribution in [3.8, 4) is 22.7 Å². The van der Waals surface area contributed by atoms with Crippen molar-refractivity contribution in [3.05, 3.63) is 108 Å². The smallest absolute Gasteiger partial charge is 0.410 e. The van der Waals surface area contributed by atoms with Crippen molar-refractivity contribution in [2.45, 2.75) is 45.8 Å². The van der Waals surface area contributed by atoms with Crippen molar-refractivity contribution >= 4 is 18.0 Å². The maximum Gasteiger partial charge on any atom is 0.410 e. The molecule has 2 heterocycles. The zero-order chi connectivity index (χ0) is 32.1. The minimum Gasteiger partial charge on any atom is -0.491 e. The number of nitrogens with zero attached hydrogens (tertiary/aromatic N) is 3. The maximum absolute atomic E-state index is 14.5. The molecule has 0 bridgehead atoms. The number of amides is 2. The van der Waals surface area contributed by atoms with E-state index in [0.717, 1.165) is 22.6 Å². The Bertz CT molecular complexity index is 1640. The van der Waals surface area contributed by atoms with Gasteiger partial charge in [0.05, 0.1) is 23.7 Å². The molecule has 0 aliphatic carbocycles. The Morgan fingerprint density at radius 1 is 0.889 bits per heavy atom. The van der Waals surface area contributed by atoms with Crippen molar-refractivity contribution in [2.24, 2.45) is 0 Å². The Kier molecular flexibility index (Phi) is 9.27. The standard InChI is InChI=1S/C36H39N3O6/c1-25-21-31(33(27-11-7-5-8-12-27)39(25)28-13-9-6-10-14-28)34(42)38-20-19-37(35(43)45-36(2,3)4)23-29(38)24-44-30-17-15-26(16-18-30)22-32(40)41/h5-18,21,29H,19-20,22-24H2,1-4H3,(H,40,41). The molecule has 0 spiro atoms. The van der Waals surface area contributed by atoms with Crippen LogP contribution in [-0.4, -0.2) is 75.3 Å². The van der Waals surface area contributed by atoms with Crippen LogP contribution in [0.4, 0.5) is 4.79 Å². The number of carboxylic acids is 1. The third-order valence-electron chi connectivity index (χ3n) is 7.59. The molecule has 1 atom stereocenters. The highest BCUT2D eigenvalue weighted by Crippen LogP contribution is 2.33. The summed E-state index contributed by atoms with van der Waals surface area (Å²) < 4.78 is 13.9. The van der Waals surface area contributed by atoms with Crippen LogP contribution in [0.15, 0.2) is 91.0 Å². The van der Waals surface area contributed by atoms with E-state index in [9.17, 15) is 14.4 Å². The molecule has 1 unspecified atom stereocenters. The Morgan fingerprint density at radius 3 is 2.16 bits per heavy atom. The van der Waals surface area contributed by atoms with Gasteiger partial charge in [-0.05, 0) is 69.2 Å². The van der Waals surface area contributed by atoms with Crippen molar-refractivity contribution in [1.82, 2.24) is 14.4 Å². The van der Waals surface area contributed by atoms with Gasteiger partial charge in [-0.2, -0.15) is 0 Å². The van der Waals surface area contributed by atoms with E-state index in [2.05, 4.69) is 4.57 Å². The summed E-state index contributed by atoms with van der Waals surface area (Å²) in [5, 5.41) is 9.09. The van der Waals surface area contributed by atoms with Crippen molar-refractivity contribution in [2.75, 3.05) is 26.2 Å². The molecular formula is C36H39N3O6. The van der Waals surface area contributed by atoms with Crippen molar-refractivity contribution in [3.63, 3.8) is 0 Å². The van der Waals surface area contributed by atoms with E-state index in [1.165, 1.54) is 0 Å². The molecule has 2 amide bonds. The Morgan fingerprint density at radius 2 is 1.53 bits per heavy atom. The average molecular weight is 610 g/mol. The van der Waals surface area contributed by atoms with E-state index in [-0.39, 0.29) is 25.5 Å². The molecule has 4 aromatic rings. The summed E-state index contributed by atoms with van der Waals surface area (Å²) in [5.74, 6) is -0.517. The van der Waals surface area contributed by atoms with Crippen molar-refractivity contribution < 1.29 is 29.0 Å². The molecule has 9 heteroatoms. The highest BCUT2D eigenvalue weighted by molar-refractivity contribution is 6.01. The van der Waals surface area contributed by atoms with Crippen LogP contribution in [0.5, 0.6) is 5.75 Å². The van der Waals surface area contributed by atoms with Crippen LogP contribution < -0.4 is 4.74 Å². The number of benzene rings is 3. The van der Waals surface area contributed by atoms with Crippen LogP contribution in [-0.2, 0) is 16.0 Å². The van der Waals surface area contributed by atoms with Gasteiger partial charge in [-0.25, -0.2) is 4.79 Å². The quantitative estimate of drug-likeness (QED) is 0.255. The number of aliphatic carboxylic acids is 1. The third-order valence-corrected chi connectivity index (χ3v) is 7.59. The van der Waals surface area contributed by atoms with E-state index >= 15 is 0 Å². The number of rotatable bonds is 8. The third kappa shape index (κ3) is 7.55. The molecule has 45 heavy (non-hydrogen) atoms. The van der Waals surface area contributed by atoms with Crippen LogP contribution in [0.25, 0.3) is 16.9 Å². The minimum atomic E-state index is -0.909. The second kappa shape index (κ2) is 13.3. The number of carboxylic acid groups (broad SMARTS) is 1. The number of carbonyl (C=O) groups excluding carboxylic acids is 2. The summed E-state index contributed by atoms with van der Waals surface area (Å²) in [6.07, 6.45) is -0.518. The maximum atomic E-state index is 14.5. The molecule has 1 fully saturated rings. The van der Waals surface area contributed by atoms with Gasteiger partial charge in [0, 0.05) is 31.0 Å². The molecular weight excluding hydrogens is 570 g/mol. The first-order chi connectivity index (χ1) is 21.5. The van der Waals surface area contributed by atoms with E-state index in [0.29, 0.717) is 30.0 Å². The van der Waals surface area contributed by atoms with Crippen LogP contribution in [0.3, 0.4) is 0 Å². The number of aryl methyl sites for hydroxylation is 1. The lowest BCUT2D eigenvalue weighted by Crippen LogP contribution is -2.59. The molecule has 0 saturated carbocycles. The van der Waals surface area contributed by atoms with Crippen LogP contribution in [0.1, 0.15) is 42.4 Å². The van der Waals surface area contributed by atoms with Gasteiger partial charge < -0.3 is 28.9 Å². The predicted molar refractivity (Wildman–Crippen MR) is 172 cm³/mol. The number of aromatic nitrogens is 1. The van der Waals surface area contributed by atoms with Gasteiger partial charge in [-0.1, -0.05) is 60.7 Å². The normalized spacial score (nSPS) is 15.1. The first-order valence-electron chi connectivity index (χ1n) is 15.1. The van der Waals surface area contributed by atoms with Crippen LogP contribution >= 0.6 is 0 Å². The Balaban J connectivity index is 1.47. The molecule has 234 valence electrons. The van der Waals surface area contributed by atoms with Crippen LogP contribution in [0, 0.1) is 6.92 Å². The summed E-state index contributed by atoms with van der Waals surface area (Å²) in [6, 6.07) is 28.1. The molecule has 1 aliphatic rings. The number of para-hydroxylation sites is 1. The Labute approximate surface area is 263 Å². The predicted octanol–water partition coefficient (Wildman–Crippen LogP) is 6.22. The number of carbonyl (C=O) groups is 3. The highest BCUT2D eigenvalue weighted by atomic mass is 16.6. The largest absolute Gasteiger partial charge is 0.491 e. The zero-order valence-corrected chi connectivity index (χ0v) is 26.1. The Hall–Kier alpha value is -5.05. The molecule has 0 radical (unpaired) electrons. The first kappa shape index (κ1) is 31.4. The lowest BCUT2D eigenvalue weighted by molar-refractivity contribution is -0.136. The van der Waals surface area contributed by atoms with Gasteiger partial charge in [-0.15, -0.1) is 0 Å². The fourth-order valence-electron chi connectivity index (χ4n) is 5.57. The SMILES string of the molecule is Cc1cc(C(=O)N2CCN(C(=O)OC(C)(C)C)CC2COc2ccc(CC(=O)O)cc2)c(-c2ccccc2)n1-c1ccccc1. The molecule has 5 rings (SSSR count). The number of ether oxygens (including phenoxy) is 2. The summed E-state index contributed by atoms with van der Waals surface area (Å²) in [6.45, 7) is 8.44. The van der Waals surface area contributed by atoms with Gasteiger partial charge in [0.15, 0.2) is 0 Å². The van der Waals surface area contributed by atoms with Gasteiger partial charge in [0.25, 0.3) is 5.91 Å². The van der Waals surface area contributed by atoms with E-state index in [4.69, 9.17) is 14.6 Å². The lowest BCUT2D eigenvalue weighted by atomic mass is 10.0. The minimum absolute atomic E-state index is 0.0815. The highest BCUT2D eigenvalue weighted by Gasteiger charge is 2.37. The first-order valence-corrected chi connectivity index (χ1v) is 15.1. The van der Waals surface area contributed by atoms with Gasteiger partial charge in [-0.3, -0.25) is 9.59 Å². The number of hydrogen-bond donors (Lipinski definition) is 1. The fourth-order valence-corrected chi connectivity index (χ4v) is 5.57. The van der Waals surface area contributed by atoms with Crippen molar-refractivity contribution in [1.29, 1.82) is 0 Å². The second-order valence-corrected chi connectivity index (χ2v) is 12.2.